The number of hydrogen-bond acceptors (Lipinski definition) is 2. The molecule has 0 bridgehead atoms. The van der Waals surface area contributed by atoms with E-state index < -0.39 is 40.6 Å². The van der Waals surface area contributed by atoms with Crippen molar-refractivity contribution in [1.82, 2.24) is 0 Å². The smallest absolute Gasteiger partial charge is 0.384 e. The molecular weight excluding hydrogens is 374 g/mol. The Kier molecular flexibility index (Phi) is 4.96. The lowest BCUT2D eigenvalue weighted by Crippen LogP contribution is -2.54. The Balaban J connectivity index is 2.82. The zero-order valence-corrected chi connectivity index (χ0v) is 13.5. The van der Waals surface area contributed by atoms with Gasteiger partial charge < -0.3 is 11.5 Å². The van der Waals surface area contributed by atoms with Crippen LogP contribution in [-0.4, -0.2) is 24.0 Å². The van der Waals surface area contributed by atoms with Gasteiger partial charge in [-0.05, 0) is 11.1 Å². The molecule has 0 aliphatic rings. The summed E-state index contributed by atoms with van der Waals surface area (Å²) in [6, 6.07) is 6.30. The van der Waals surface area contributed by atoms with Crippen LogP contribution in [0, 0.1) is 10.8 Å². The summed E-state index contributed by atoms with van der Waals surface area (Å²) >= 11 is 0. The van der Waals surface area contributed by atoms with E-state index in [1.165, 1.54) is 0 Å². The highest BCUT2D eigenvalue weighted by Gasteiger charge is 2.72. The van der Waals surface area contributed by atoms with Gasteiger partial charge in [0.1, 0.15) is 11.7 Å². The van der Waals surface area contributed by atoms with Crippen molar-refractivity contribution in [2.24, 2.45) is 11.5 Å². The molecule has 0 saturated heterocycles. The lowest BCUT2D eigenvalue weighted by molar-refractivity contribution is -0.288. The Morgan fingerprint density at radius 3 is 1.04 bits per heavy atom. The van der Waals surface area contributed by atoms with Crippen LogP contribution in [0.4, 0.5) is 26.3 Å². The Hall–Kier alpha value is -3.04. The number of alkyl halides is 6. The van der Waals surface area contributed by atoms with E-state index in [0.29, 0.717) is 24.3 Å². The van der Waals surface area contributed by atoms with Crippen molar-refractivity contribution in [1.29, 1.82) is 10.8 Å². The molecule has 0 aliphatic carbocycles. The van der Waals surface area contributed by atoms with E-state index in [-0.39, 0.29) is 11.1 Å². The Morgan fingerprint density at radius 1 is 0.593 bits per heavy atom. The highest BCUT2D eigenvalue weighted by Crippen LogP contribution is 2.56. The van der Waals surface area contributed by atoms with Gasteiger partial charge in [0, 0.05) is 11.1 Å². The first-order valence-corrected chi connectivity index (χ1v) is 7.35. The third kappa shape index (κ3) is 3.34. The van der Waals surface area contributed by atoms with Crippen LogP contribution in [0.25, 0.3) is 0 Å². The minimum absolute atomic E-state index is 0.0103. The van der Waals surface area contributed by atoms with Crippen LogP contribution in [0.5, 0.6) is 0 Å². The van der Waals surface area contributed by atoms with E-state index in [2.05, 4.69) is 0 Å². The number of nitrogens with one attached hydrogen (secondary N) is 2. The molecule has 0 atom stereocenters. The van der Waals surface area contributed by atoms with Crippen LogP contribution < -0.4 is 11.5 Å². The maximum atomic E-state index is 13.9. The largest absolute Gasteiger partial charge is 0.411 e. The Labute approximate surface area is 149 Å². The van der Waals surface area contributed by atoms with Crippen LogP contribution in [-0.2, 0) is 5.41 Å². The Bertz CT molecular complexity index is 777. The van der Waals surface area contributed by atoms with Crippen LogP contribution in [0.3, 0.4) is 0 Å². The molecule has 0 unspecified atom stereocenters. The fraction of sp³-hybridized carbons (Fsp3) is 0.176. The van der Waals surface area contributed by atoms with Gasteiger partial charge in [-0.2, -0.15) is 26.3 Å². The van der Waals surface area contributed by atoms with E-state index >= 15 is 0 Å². The molecule has 0 aliphatic heterocycles. The van der Waals surface area contributed by atoms with Gasteiger partial charge in [-0.3, -0.25) is 10.8 Å². The van der Waals surface area contributed by atoms with Gasteiger partial charge in [0.2, 0.25) is 5.41 Å². The topological polar surface area (TPSA) is 99.7 Å². The van der Waals surface area contributed by atoms with Gasteiger partial charge in [-0.1, -0.05) is 48.5 Å². The molecule has 0 heterocycles. The summed E-state index contributed by atoms with van der Waals surface area (Å²) in [5.41, 5.74) is 3.96. The van der Waals surface area contributed by atoms with Gasteiger partial charge in [0.05, 0.1) is 0 Å². The van der Waals surface area contributed by atoms with Gasteiger partial charge >= 0.3 is 12.4 Å². The predicted octanol–water partition coefficient (Wildman–Crippen LogP) is 3.67. The highest BCUT2D eigenvalue weighted by molar-refractivity contribution is 5.95. The average Bonchev–Trinajstić information content (AvgIpc) is 2.53. The summed E-state index contributed by atoms with van der Waals surface area (Å²) in [4.78, 5) is 0. The SMILES string of the molecule is N=C(N)c1ccc(C(c2ccc(C(=N)N)cc2)(C(F)(F)F)C(F)(F)F)cc1. The van der Waals surface area contributed by atoms with Gasteiger partial charge in [-0.25, -0.2) is 0 Å². The van der Waals surface area contributed by atoms with Crippen molar-refractivity contribution < 1.29 is 26.3 Å². The average molecular weight is 388 g/mol. The summed E-state index contributed by atoms with van der Waals surface area (Å²) in [6.45, 7) is 0. The molecule has 4 nitrogen and oxygen atoms in total. The number of nitrogen functional groups attached to an aromatic ring is 2. The molecule has 2 aromatic rings. The molecule has 2 rings (SSSR count). The second-order valence-corrected chi connectivity index (χ2v) is 5.73. The first kappa shape index (κ1) is 20.3. The van der Waals surface area contributed by atoms with E-state index in [4.69, 9.17) is 22.3 Å². The summed E-state index contributed by atoms with van der Waals surface area (Å²) in [5.74, 6) is -0.978. The summed E-state index contributed by atoms with van der Waals surface area (Å²) in [5, 5.41) is 14.5. The first-order chi connectivity index (χ1) is 12.3. The van der Waals surface area contributed by atoms with Crippen LogP contribution in [0.1, 0.15) is 22.3 Å². The maximum absolute atomic E-state index is 13.9. The minimum atomic E-state index is -5.72. The third-order valence-electron chi connectivity index (χ3n) is 4.11. The second-order valence-electron chi connectivity index (χ2n) is 5.73. The summed E-state index contributed by atoms with van der Waals surface area (Å²) < 4.78 is 83.4. The number of hydrogen-bond donors (Lipinski definition) is 4. The molecule has 0 fully saturated rings. The van der Waals surface area contributed by atoms with Gasteiger partial charge in [0.25, 0.3) is 0 Å². The molecular formula is C17H14F6N4. The zero-order chi connectivity index (χ0) is 20.6. The molecule has 6 N–H and O–H groups in total. The van der Waals surface area contributed by atoms with Crippen molar-refractivity contribution in [3.63, 3.8) is 0 Å². The number of nitrogens with two attached hydrogens (primary N) is 2. The molecule has 0 aromatic heterocycles. The molecule has 10 heteroatoms. The van der Waals surface area contributed by atoms with Crippen LogP contribution in [0.2, 0.25) is 0 Å². The fourth-order valence-electron chi connectivity index (χ4n) is 2.78. The minimum Gasteiger partial charge on any atom is -0.384 e. The molecule has 0 saturated carbocycles. The third-order valence-corrected chi connectivity index (χ3v) is 4.11. The van der Waals surface area contributed by atoms with E-state index in [0.717, 1.165) is 24.3 Å². The van der Waals surface area contributed by atoms with E-state index in [1.54, 1.807) is 0 Å². The molecule has 0 radical (unpaired) electrons. The van der Waals surface area contributed by atoms with Crippen molar-refractivity contribution >= 4 is 11.7 Å². The zero-order valence-electron chi connectivity index (χ0n) is 13.5. The molecule has 144 valence electrons. The quantitative estimate of drug-likeness (QED) is 0.365. The first-order valence-electron chi connectivity index (χ1n) is 7.35. The van der Waals surface area contributed by atoms with Crippen LogP contribution >= 0.6 is 0 Å². The predicted molar refractivity (Wildman–Crippen MR) is 87.8 cm³/mol. The van der Waals surface area contributed by atoms with Crippen molar-refractivity contribution in [2.75, 3.05) is 0 Å². The van der Waals surface area contributed by atoms with Gasteiger partial charge in [0.15, 0.2) is 0 Å². The lowest BCUT2D eigenvalue weighted by atomic mass is 9.72. The number of halogens is 6. The summed E-state index contributed by atoms with van der Waals surface area (Å²) in [7, 11) is 0. The van der Waals surface area contributed by atoms with Crippen molar-refractivity contribution in [2.45, 2.75) is 17.8 Å². The number of amidine groups is 2. The lowest BCUT2D eigenvalue weighted by Gasteiger charge is -2.38. The number of rotatable bonds is 4. The van der Waals surface area contributed by atoms with E-state index in [1.807, 2.05) is 0 Å². The normalized spacial score (nSPS) is 12.7. The molecule has 27 heavy (non-hydrogen) atoms. The standard InChI is InChI=1S/C17H14F6N4/c18-16(19,20)15(17(21,22)23,11-5-1-9(2-6-11)13(24)25)12-7-3-10(4-8-12)14(26)27/h1-8H,(H3,24,25)(H3,26,27). The molecule has 0 amide bonds. The number of benzene rings is 2. The fourth-order valence-corrected chi connectivity index (χ4v) is 2.78. The van der Waals surface area contributed by atoms with E-state index in [9.17, 15) is 26.3 Å². The second kappa shape index (κ2) is 6.60. The highest BCUT2D eigenvalue weighted by atomic mass is 19.4. The molecule has 0 spiro atoms. The maximum Gasteiger partial charge on any atom is 0.411 e. The van der Waals surface area contributed by atoms with Crippen molar-refractivity contribution in [3.05, 3.63) is 70.8 Å². The molecule has 2 aromatic carbocycles. The Morgan fingerprint density at radius 2 is 0.852 bits per heavy atom. The van der Waals surface area contributed by atoms with Crippen LogP contribution in [0.15, 0.2) is 48.5 Å². The summed E-state index contributed by atoms with van der Waals surface area (Å²) in [6.07, 6.45) is -11.4. The van der Waals surface area contributed by atoms with Gasteiger partial charge in [-0.15, -0.1) is 0 Å². The monoisotopic (exact) mass is 388 g/mol. The van der Waals surface area contributed by atoms with Crippen molar-refractivity contribution in [3.8, 4) is 0 Å².